The molecule has 0 bridgehead atoms. The van der Waals surface area contributed by atoms with E-state index in [-0.39, 0.29) is 6.04 Å². The van der Waals surface area contributed by atoms with Gasteiger partial charge in [-0.05, 0) is 6.92 Å². The van der Waals surface area contributed by atoms with Crippen LogP contribution in [0.5, 0.6) is 0 Å². The summed E-state index contributed by atoms with van der Waals surface area (Å²) in [4.78, 5) is 4.19. The highest BCUT2D eigenvalue weighted by atomic mass is 16.5. The average molecular weight is 208 g/mol. The maximum Gasteiger partial charge on any atom is 0.119 e. The molecular formula is C10H16N4O. The lowest BCUT2D eigenvalue weighted by molar-refractivity contribution is 0.199. The van der Waals surface area contributed by atoms with Crippen LogP contribution in [0.25, 0.3) is 0 Å². The number of nitrogens with one attached hydrogen (secondary N) is 1. The summed E-state index contributed by atoms with van der Waals surface area (Å²) in [6, 6.07) is 1.99. The normalized spacial score (nSPS) is 12.3. The second kappa shape index (κ2) is 6.17. The van der Waals surface area contributed by atoms with Crippen LogP contribution in [0.1, 0.15) is 18.7 Å². The fourth-order valence-corrected chi connectivity index (χ4v) is 1.14. The van der Waals surface area contributed by atoms with Crippen LogP contribution in [0.15, 0.2) is 12.5 Å². The molecule has 1 aromatic rings. The minimum atomic E-state index is -0.162. The molecule has 5 heteroatoms. The fraction of sp³-hybridized carbons (Fsp3) is 0.600. The molecule has 1 unspecified atom stereocenters. The van der Waals surface area contributed by atoms with E-state index < -0.39 is 0 Å². The molecule has 15 heavy (non-hydrogen) atoms. The average Bonchev–Trinajstić information content (AvgIpc) is 2.72. The maximum absolute atomic E-state index is 8.71. The molecule has 1 heterocycles. The second-order valence-electron chi connectivity index (χ2n) is 3.29. The van der Waals surface area contributed by atoms with Gasteiger partial charge < -0.3 is 14.6 Å². The van der Waals surface area contributed by atoms with E-state index in [9.17, 15) is 0 Å². The van der Waals surface area contributed by atoms with Gasteiger partial charge in [0, 0.05) is 26.4 Å². The first kappa shape index (κ1) is 11.7. The zero-order chi connectivity index (χ0) is 11.1. The molecule has 1 N–H and O–H groups in total. The number of ether oxygens (including phenoxy) is 1. The van der Waals surface area contributed by atoms with Gasteiger partial charge in [-0.25, -0.2) is 4.98 Å². The van der Waals surface area contributed by atoms with Crippen LogP contribution in [0, 0.1) is 11.3 Å². The Labute approximate surface area is 89.7 Å². The molecule has 0 aliphatic carbocycles. The molecule has 5 nitrogen and oxygen atoms in total. The molecule has 82 valence electrons. The molecule has 1 aromatic heterocycles. The van der Waals surface area contributed by atoms with Gasteiger partial charge in [-0.1, -0.05) is 0 Å². The molecule has 0 spiro atoms. The SMILES string of the molecule is COCCNCc1cn(C(C)C#N)cn1. The summed E-state index contributed by atoms with van der Waals surface area (Å²) in [6.07, 6.45) is 3.56. The van der Waals surface area contributed by atoms with Crippen molar-refractivity contribution < 1.29 is 4.74 Å². The smallest absolute Gasteiger partial charge is 0.119 e. The van der Waals surface area contributed by atoms with Crippen LogP contribution in [-0.2, 0) is 11.3 Å². The van der Waals surface area contributed by atoms with E-state index in [1.54, 1.807) is 18.0 Å². The molecule has 0 radical (unpaired) electrons. The number of imidazole rings is 1. The highest BCUT2D eigenvalue weighted by molar-refractivity contribution is 5.00. The first-order chi connectivity index (χ1) is 7.27. The van der Waals surface area contributed by atoms with Gasteiger partial charge in [0.15, 0.2) is 0 Å². The van der Waals surface area contributed by atoms with E-state index in [0.717, 1.165) is 12.2 Å². The second-order valence-corrected chi connectivity index (χ2v) is 3.29. The lowest BCUT2D eigenvalue weighted by Crippen LogP contribution is -2.18. The van der Waals surface area contributed by atoms with E-state index in [1.807, 2.05) is 13.1 Å². The Morgan fingerprint density at radius 1 is 1.73 bits per heavy atom. The first-order valence-corrected chi connectivity index (χ1v) is 4.89. The van der Waals surface area contributed by atoms with Crippen LogP contribution in [0.2, 0.25) is 0 Å². The van der Waals surface area contributed by atoms with Gasteiger partial charge in [0.1, 0.15) is 6.04 Å². The van der Waals surface area contributed by atoms with Crippen molar-refractivity contribution in [2.24, 2.45) is 0 Å². The highest BCUT2D eigenvalue weighted by Crippen LogP contribution is 2.04. The molecule has 1 rings (SSSR count). The number of methoxy groups -OCH3 is 1. The number of nitrogens with zero attached hydrogens (tertiary/aromatic N) is 3. The van der Waals surface area contributed by atoms with Gasteiger partial charge >= 0.3 is 0 Å². The van der Waals surface area contributed by atoms with Gasteiger partial charge in [0.05, 0.1) is 24.7 Å². The third kappa shape index (κ3) is 3.70. The predicted octanol–water partition coefficient (Wildman–Crippen LogP) is 0.704. The maximum atomic E-state index is 8.71. The minimum absolute atomic E-state index is 0.162. The van der Waals surface area contributed by atoms with Crippen LogP contribution in [0.3, 0.4) is 0 Å². The number of rotatable bonds is 6. The molecule has 0 aromatic carbocycles. The highest BCUT2D eigenvalue weighted by Gasteiger charge is 2.03. The van der Waals surface area contributed by atoms with Crippen molar-refractivity contribution in [3.8, 4) is 6.07 Å². The Hall–Kier alpha value is -1.38. The molecular weight excluding hydrogens is 192 g/mol. The van der Waals surface area contributed by atoms with Crippen LogP contribution in [0.4, 0.5) is 0 Å². The fourth-order valence-electron chi connectivity index (χ4n) is 1.14. The standard InChI is InChI=1S/C10H16N4O/c1-9(5-11)14-7-10(13-8-14)6-12-3-4-15-2/h7-9,12H,3-4,6H2,1-2H3. The summed E-state index contributed by atoms with van der Waals surface area (Å²) in [7, 11) is 1.67. The van der Waals surface area contributed by atoms with Crippen molar-refractivity contribution in [1.82, 2.24) is 14.9 Å². The Morgan fingerprint density at radius 3 is 3.20 bits per heavy atom. The Morgan fingerprint density at radius 2 is 2.53 bits per heavy atom. The van der Waals surface area contributed by atoms with Crippen molar-refractivity contribution >= 4 is 0 Å². The van der Waals surface area contributed by atoms with Gasteiger partial charge in [0.2, 0.25) is 0 Å². The minimum Gasteiger partial charge on any atom is -0.383 e. The lowest BCUT2D eigenvalue weighted by atomic mass is 10.4. The van der Waals surface area contributed by atoms with Crippen LogP contribution >= 0.6 is 0 Å². The molecule has 0 fully saturated rings. The summed E-state index contributed by atoms with van der Waals surface area (Å²) < 4.78 is 6.71. The number of nitriles is 1. The molecule has 0 aliphatic heterocycles. The molecule has 1 atom stereocenters. The number of hydrogen-bond donors (Lipinski definition) is 1. The van der Waals surface area contributed by atoms with Crippen molar-refractivity contribution in [3.63, 3.8) is 0 Å². The summed E-state index contributed by atoms with van der Waals surface area (Å²) >= 11 is 0. The summed E-state index contributed by atoms with van der Waals surface area (Å²) in [5.74, 6) is 0. The third-order valence-electron chi connectivity index (χ3n) is 2.08. The van der Waals surface area contributed by atoms with Crippen LogP contribution < -0.4 is 5.32 Å². The Kier molecular flexibility index (Phi) is 4.81. The predicted molar refractivity (Wildman–Crippen MR) is 56.1 cm³/mol. The summed E-state index contributed by atoms with van der Waals surface area (Å²) in [5.41, 5.74) is 0.938. The Balaban J connectivity index is 2.37. The van der Waals surface area contributed by atoms with Crippen molar-refractivity contribution in [3.05, 3.63) is 18.2 Å². The lowest BCUT2D eigenvalue weighted by Gasteiger charge is -2.02. The van der Waals surface area contributed by atoms with Gasteiger partial charge in [0.25, 0.3) is 0 Å². The largest absolute Gasteiger partial charge is 0.383 e. The van der Waals surface area contributed by atoms with Crippen LogP contribution in [-0.4, -0.2) is 29.8 Å². The molecule has 0 saturated carbocycles. The van der Waals surface area contributed by atoms with Crippen molar-refractivity contribution in [2.45, 2.75) is 19.5 Å². The molecule has 0 aliphatic rings. The van der Waals surface area contributed by atoms with Crippen molar-refractivity contribution in [2.75, 3.05) is 20.3 Å². The van der Waals surface area contributed by atoms with E-state index in [0.29, 0.717) is 13.2 Å². The summed E-state index contributed by atoms with van der Waals surface area (Å²) in [5, 5.41) is 11.9. The third-order valence-corrected chi connectivity index (χ3v) is 2.08. The van der Waals surface area contributed by atoms with Crippen molar-refractivity contribution in [1.29, 1.82) is 5.26 Å². The summed E-state index contributed by atoms with van der Waals surface area (Å²) in [6.45, 7) is 4.03. The van der Waals surface area contributed by atoms with Gasteiger partial charge in [-0.3, -0.25) is 0 Å². The van der Waals surface area contributed by atoms with Gasteiger partial charge in [-0.2, -0.15) is 5.26 Å². The van der Waals surface area contributed by atoms with E-state index in [4.69, 9.17) is 10.00 Å². The zero-order valence-corrected chi connectivity index (χ0v) is 9.10. The Bertz CT molecular complexity index is 328. The monoisotopic (exact) mass is 208 g/mol. The number of aromatic nitrogens is 2. The van der Waals surface area contributed by atoms with E-state index in [1.165, 1.54) is 0 Å². The topological polar surface area (TPSA) is 62.9 Å². The molecule has 0 saturated heterocycles. The van der Waals surface area contributed by atoms with E-state index in [2.05, 4.69) is 16.4 Å². The zero-order valence-electron chi connectivity index (χ0n) is 9.10. The van der Waals surface area contributed by atoms with E-state index >= 15 is 0 Å². The first-order valence-electron chi connectivity index (χ1n) is 4.89. The van der Waals surface area contributed by atoms with Gasteiger partial charge in [-0.15, -0.1) is 0 Å². The quantitative estimate of drug-likeness (QED) is 0.699. The number of hydrogen-bond acceptors (Lipinski definition) is 4. The molecule has 0 amide bonds.